The zero-order valence-corrected chi connectivity index (χ0v) is 14.7. The standard InChI is InChI=1S/C19H16N4O5/c1-28-14-9-7-13(8-10-14)23-18(26)15(17(25)21-19(23)27)11-20-22-16(24)12-5-3-2-4-6-12/h2-11,26H,1H3,(H,22,24)(H,21,25,27). The van der Waals surface area contributed by atoms with Crippen molar-refractivity contribution in [3.8, 4) is 17.3 Å². The molecule has 0 spiro atoms. The lowest BCUT2D eigenvalue weighted by atomic mass is 10.2. The highest BCUT2D eigenvalue weighted by molar-refractivity contribution is 5.94. The Bertz CT molecular complexity index is 1130. The van der Waals surface area contributed by atoms with Crippen molar-refractivity contribution in [2.24, 2.45) is 5.10 Å². The number of nitrogens with zero attached hydrogens (tertiary/aromatic N) is 2. The summed E-state index contributed by atoms with van der Waals surface area (Å²) in [7, 11) is 1.50. The highest BCUT2D eigenvalue weighted by Crippen LogP contribution is 2.18. The molecule has 0 aliphatic carbocycles. The van der Waals surface area contributed by atoms with Gasteiger partial charge in [0.25, 0.3) is 11.5 Å². The number of aromatic amines is 1. The zero-order valence-electron chi connectivity index (χ0n) is 14.7. The molecule has 1 amide bonds. The van der Waals surface area contributed by atoms with Gasteiger partial charge in [-0.15, -0.1) is 0 Å². The minimum Gasteiger partial charge on any atom is -0.497 e. The number of carbonyl (C=O) groups is 1. The van der Waals surface area contributed by atoms with Gasteiger partial charge < -0.3 is 9.84 Å². The van der Waals surface area contributed by atoms with Crippen molar-refractivity contribution in [2.75, 3.05) is 7.11 Å². The maximum atomic E-state index is 12.1. The van der Waals surface area contributed by atoms with Crippen molar-refractivity contribution in [1.82, 2.24) is 15.0 Å². The Kier molecular flexibility index (Phi) is 5.35. The summed E-state index contributed by atoms with van der Waals surface area (Å²) in [5.41, 5.74) is 0.985. The van der Waals surface area contributed by atoms with E-state index in [1.807, 2.05) is 0 Å². The number of ether oxygens (including phenoxy) is 1. The van der Waals surface area contributed by atoms with Crippen molar-refractivity contribution >= 4 is 12.1 Å². The third kappa shape index (κ3) is 3.83. The van der Waals surface area contributed by atoms with E-state index in [1.54, 1.807) is 42.5 Å². The molecule has 1 heterocycles. The molecule has 142 valence electrons. The summed E-state index contributed by atoms with van der Waals surface area (Å²) in [6.07, 6.45) is 0.967. The first-order valence-electron chi connectivity index (χ1n) is 8.12. The van der Waals surface area contributed by atoms with Crippen LogP contribution in [0.3, 0.4) is 0 Å². The van der Waals surface area contributed by atoms with E-state index in [4.69, 9.17) is 4.74 Å². The Hall–Kier alpha value is -4.14. The van der Waals surface area contributed by atoms with E-state index < -0.39 is 23.0 Å². The van der Waals surface area contributed by atoms with Gasteiger partial charge in [-0.3, -0.25) is 14.6 Å². The number of methoxy groups -OCH3 is 1. The quantitative estimate of drug-likeness (QED) is 0.450. The number of benzene rings is 2. The second-order valence-corrected chi connectivity index (χ2v) is 5.60. The van der Waals surface area contributed by atoms with Crippen molar-refractivity contribution < 1.29 is 14.6 Å². The van der Waals surface area contributed by atoms with Crippen LogP contribution in [-0.2, 0) is 0 Å². The molecule has 0 aliphatic rings. The molecule has 9 heteroatoms. The summed E-state index contributed by atoms with van der Waals surface area (Å²) >= 11 is 0. The molecule has 0 fully saturated rings. The predicted molar refractivity (Wildman–Crippen MR) is 102 cm³/mol. The first kappa shape index (κ1) is 18.6. The minimum atomic E-state index is -0.843. The first-order valence-corrected chi connectivity index (χ1v) is 8.12. The topological polar surface area (TPSA) is 126 Å². The maximum absolute atomic E-state index is 12.1. The fraction of sp³-hybridized carbons (Fsp3) is 0.0526. The molecule has 0 saturated carbocycles. The molecule has 9 nitrogen and oxygen atoms in total. The van der Waals surface area contributed by atoms with Crippen LogP contribution >= 0.6 is 0 Å². The number of rotatable bonds is 5. The minimum absolute atomic E-state index is 0.288. The van der Waals surface area contributed by atoms with Gasteiger partial charge in [0.1, 0.15) is 11.3 Å². The van der Waals surface area contributed by atoms with Crippen molar-refractivity contribution in [2.45, 2.75) is 0 Å². The zero-order chi connectivity index (χ0) is 20.1. The maximum Gasteiger partial charge on any atom is 0.335 e. The number of hydrogen-bond acceptors (Lipinski definition) is 6. The van der Waals surface area contributed by atoms with Crippen LogP contribution in [0.25, 0.3) is 5.69 Å². The summed E-state index contributed by atoms with van der Waals surface area (Å²) in [6.45, 7) is 0. The third-order valence-electron chi connectivity index (χ3n) is 3.85. The largest absolute Gasteiger partial charge is 0.497 e. The van der Waals surface area contributed by atoms with Gasteiger partial charge in [0, 0.05) is 5.56 Å². The van der Waals surface area contributed by atoms with Gasteiger partial charge in [-0.2, -0.15) is 5.10 Å². The van der Waals surface area contributed by atoms with Gasteiger partial charge in [-0.1, -0.05) is 18.2 Å². The lowest BCUT2D eigenvalue weighted by Crippen LogP contribution is -2.31. The molecule has 0 unspecified atom stereocenters. The van der Waals surface area contributed by atoms with Gasteiger partial charge in [-0.05, 0) is 36.4 Å². The molecule has 0 saturated heterocycles. The van der Waals surface area contributed by atoms with Gasteiger partial charge in [0.05, 0.1) is 19.0 Å². The molecule has 1 aromatic heterocycles. The summed E-state index contributed by atoms with van der Waals surface area (Å²) in [6, 6.07) is 14.6. The molecule has 0 bridgehead atoms. The number of H-pyrrole nitrogens is 1. The summed E-state index contributed by atoms with van der Waals surface area (Å²) in [4.78, 5) is 38.2. The van der Waals surface area contributed by atoms with E-state index in [-0.39, 0.29) is 5.56 Å². The van der Waals surface area contributed by atoms with Crippen LogP contribution < -0.4 is 21.4 Å². The number of carbonyl (C=O) groups excluding carboxylic acids is 1. The Morgan fingerprint density at radius 2 is 1.82 bits per heavy atom. The molecule has 0 radical (unpaired) electrons. The van der Waals surface area contributed by atoms with E-state index >= 15 is 0 Å². The first-order chi connectivity index (χ1) is 13.5. The van der Waals surface area contributed by atoms with Gasteiger partial charge >= 0.3 is 5.69 Å². The number of hydrazone groups is 1. The molecule has 2 aromatic carbocycles. The van der Waals surface area contributed by atoms with Gasteiger partial charge in [0.15, 0.2) is 0 Å². The number of aromatic hydroxyl groups is 1. The van der Waals surface area contributed by atoms with Crippen LogP contribution in [0.1, 0.15) is 15.9 Å². The van der Waals surface area contributed by atoms with E-state index in [1.165, 1.54) is 19.2 Å². The molecule has 0 atom stereocenters. The summed E-state index contributed by atoms with van der Waals surface area (Å²) in [5, 5.41) is 14.1. The van der Waals surface area contributed by atoms with Crippen molar-refractivity contribution in [3.05, 3.63) is 86.6 Å². The highest BCUT2D eigenvalue weighted by atomic mass is 16.5. The van der Waals surface area contributed by atoms with E-state index in [0.29, 0.717) is 17.0 Å². The fourth-order valence-corrected chi connectivity index (χ4v) is 2.44. The van der Waals surface area contributed by atoms with Gasteiger partial charge in [0.2, 0.25) is 5.88 Å². The highest BCUT2D eigenvalue weighted by Gasteiger charge is 2.14. The number of aromatic nitrogens is 2. The number of nitrogens with one attached hydrogen (secondary N) is 2. The van der Waals surface area contributed by atoms with Crippen LogP contribution in [0.4, 0.5) is 0 Å². The average molecular weight is 380 g/mol. The molecule has 28 heavy (non-hydrogen) atoms. The lowest BCUT2D eigenvalue weighted by molar-refractivity contribution is 0.0955. The SMILES string of the molecule is COc1ccc(-n2c(O)c(C=NNC(=O)c3ccccc3)c(=O)[nH]c2=O)cc1. The van der Waals surface area contributed by atoms with E-state index in [2.05, 4.69) is 15.5 Å². The lowest BCUT2D eigenvalue weighted by Gasteiger charge is -2.10. The summed E-state index contributed by atoms with van der Waals surface area (Å²) in [5.74, 6) is -0.543. The molecule has 3 N–H and O–H groups in total. The average Bonchev–Trinajstić information content (AvgIpc) is 2.71. The summed E-state index contributed by atoms with van der Waals surface area (Å²) < 4.78 is 5.96. The van der Waals surface area contributed by atoms with E-state index in [0.717, 1.165) is 10.8 Å². The molecule has 3 rings (SSSR count). The van der Waals surface area contributed by atoms with E-state index in [9.17, 15) is 19.5 Å². The monoisotopic (exact) mass is 380 g/mol. The number of hydrogen-bond donors (Lipinski definition) is 3. The normalized spacial score (nSPS) is 10.8. The molecular formula is C19H16N4O5. The fourth-order valence-electron chi connectivity index (χ4n) is 2.44. The predicted octanol–water partition coefficient (Wildman–Crippen LogP) is 1.00. The van der Waals surface area contributed by atoms with Crippen LogP contribution in [-0.4, -0.2) is 33.9 Å². The van der Waals surface area contributed by atoms with Crippen LogP contribution in [0, 0.1) is 0 Å². The van der Waals surface area contributed by atoms with Crippen LogP contribution in [0.5, 0.6) is 11.6 Å². The van der Waals surface area contributed by atoms with Crippen LogP contribution in [0.15, 0.2) is 69.3 Å². The Morgan fingerprint density at radius 1 is 1.14 bits per heavy atom. The van der Waals surface area contributed by atoms with Crippen molar-refractivity contribution in [1.29, 1.82) is 0 Å². The molecule has 3 aromatic rings. The Balaban J connectivity index is 1.92. The second kappa shape index (κ2) is 8.04. The third-order valence-corrected chi connectivity index (χ3v) is 3.85. The Labute approximate surface area is 158 Å². The second-order valence-electron chi connectivity index (χ2n) is 5.60. The Morgan fingerprint density at radius 3 is 2.46 bits per heavy atom. The number of amides is 1. The molecular weight excluding hydrogens is 364 g/mol. The van der Waals surface area contributed by atoms with Gasteiger partial charge in [-0.25, -0.2) is 14.8 Å². The smallest absolute Gasteiger partial charge is 0.335 e. The van der Waals surface area contributed by atoms with Crippen LogP contribution in [0.2, 0.25) is 0 Å². The van der Waals surface area contributed by atoms with Crippen molar-refractivity contribution in [3.63, 3.8) is 0 Å². The molecule has 0 aliphatic heterocycles.